The third-order valence-electron chi connectivity index (χ3n) is 1.46. The second-order valence-electron chi connectivity index (χ2n) is 2.81. The molecule has 0 aliphatic heterocycles. The Morgan fingerprint density at radius 3 is 2.27 bits per heavy atom. The molecule has 0 aromatic carbocycles. The van der Waals surface area contributed by atoms with Crippen molar-refractivity contribution in [2.24, 2.45) is 0 Å². The van der Waals surface area contributed by atoms with E-state index in [1.54, 1.807) is 0 Å². The number of hydrogen-bond acceptors (Lipinski definition) is 5. The van der Waals surface area contributed by atoms with Crippen LogP contribution >= 0.6 is 0 Å². The highest BCUT2D eigenvalue weighted by Crippen LogP contribution is 1.99. The molecule has 0 aliphatic carbocycles. The van der Waals surface area contributed by atoms with Gasteiger partial charge in [0.25, 0.3) is 0 Å². The van der Waals surface area contributed by atoms with Crippen LogP contribution in [0, 0.1) is 0 Å². The minimum Gasteiger partial charge on any atom is -0.477 e. The van der Waals surface area contributed by atoms with Crippen molar-refractivity contribution in [3.8, 4) is 0 Å². The molecule has 0 spiro atoms. The van der Waals surface area contributed by atoms with Crippen LogP contribution < -0.4 is 5.32 Å². The minimum atomic E-state index is -1.56. The van der Waals surface area contributed by atoms with Crippen molar-refractivity contribution in [2.45, 2.75) is 19.1 Å². The topological polar surface area (TPSA) is 127 Å². The summed E-state index contributed by atoms with van der Waals surface area (Å²) in [6.07, 6.45) is -2.31. The van der Waals surface area contributed by atoms with E-state index >= 15 is 0 Å². The molecule has 0 bridgehead atoms. The van der Waals surface area contributed by atoms with Crippen LogP contribution in [0.4, 0.5) is 0 Å². The Kier molecular flexibility index (Phi) is 5.53. The third kappa shape index (κ3) is 5.11. The first kappa shape index (κ1) is 13.6. The smallest absolute Gasteiger partial charge is 0.352 e. The van der Waals surface area contributed by atoms with E-state index < -0.39 is 36.4 Å². The summed E-state index contributed by atoms with van der Waals surface area (Å²) in [7, 11) is 0. The van der Waals surface area contributed by atoms with Gasteiger partial charge in [-0.15, -0.1) is 0 Å². The van der Waals surface area contributed by atoms with Crippen LogP contribution in [0.5, 0.6) is 0 Å². The highest BCUT2D eigenvalue weighted by Gasteiger charge is 2.17. The van der Waals surface area contributed by atoms with Gasteiger partial charge in [-0.3, -0.25) is 4.79 Å². The number of nitrogens with one attached hydrogen (secondary N) is 1. The SMILES string of the molecule is CC(=O)N/C(=C\[C@@H](O)[C@H](O)CO)C(=O)O. The number of hydrogen-bond donors (Lipinski definition) is 5. The number of aliphatic carboxylic acids is 1. The number of carboxylic acids is 1. The lowest BCUT2D eigenvalue weighted by atomic mass is 10.2. The predicted octanol–water partition coefficient (Wildman–Crippen LogP) is -2.19. The number of carboxylic acid groups (broad SMARTS) is 1. The molecule has 15 heavy (non-hydrogen) atoms. The van der Waals surface area contributed by atoms with Gasteiger partial charge in [-0.05, 0) is 6.08 Å². The van der Waals surface area contributed by atoms with Crippen molar-refractivity contribution < 1.29 is 30.0 Å². The number of aliphatic hydroxyl groups excluding tert-OH is 3. The van der Waals surface area contributed by atoms with Gasteiger partial charge in [-0.1, -0.05) is 0 Å². The standard InChI is InChI=1S/C8H13NO6/c1-4(11)9-5(8(14)15)2-6(12)7(13)3-10/h2,6-7,10,12-13H,3H2,1H3,(H,9,11)(H,14,15)/b5-2-/t6-,7-/m1/s1. The average Bonchev–Trinajstić information content (AvgIpc) is 2.14. The fourth-order valence-electron chi connectivity index (χ4n) is 0.746. The molecule has 0 fully saturated rings. The lowest BCUT2D eigenvalue weighted by Crippen LogP contribution is -2.31. The Labute approximate surface area is 85.7 Å². The molecule has 0 saturated heterocycles. The van der Waals surface area contributed by atoms with E-state index in [0.717, 1.165) is 13.0 Å². The molecule has 7 heteroatoms. The summed E-state index contributed by atoms with van der Waals surface area (Å²) in [5.41, 5.74) is -0.553. The quantitative estimate of drug-likeness (QED) is 0.334. The van der Waals surface area contributed by atoms with E-state index in [0.29, 0.717) is 0 Å². The zero-order valence-corrected chi connectivity index (χ0v) is 8.04. The summed E-state index contributed by atoms with van der Waals surface area (Å²) in [5, 5.41) is 37.1. The van der Waals surface area contributed by atoms with Gasteiger partial charge in [-0.2, -0.15) is 0 Å². The molecular formula is C8H13NO6. The maximum absolute atomic E-state index is 10.6. The maximum atomic E-state index is 10.6. The third-order valence-corrected chi connectivity index (χ3v) is 1.46. The molecule has 0 aromatic heterocycles. The summed E-state index contributed by atoms with van der Waals surface area (Å²) in [5.74, 6) is -2.07. The van der Waals surface area contributed by atoms with Gasteiger partial charge in [0.05, 0.1) is 6.61 Å². The number of carbonyl (C=O) groups excluding carboxylic acids is 1. The Hall–Kier alpha value is -1.44. The molecule has 86 valence electrons. The normalized spacial score (nSPS) is 15.6. The summed E-state index contributed by atoms with van der Waals surface area (Å²) in [6, 6.07) is 0. The van der Waals surface area contributed by atoms with Crippen molar-refractivity contribution in [2.75, 3.05) is 6.61 Å². The molecule has 1 amide bonds. The molecule has 0 saturated carbocycles. The zero-order chi connectivity index (χ0) is 12.0. The van der Waals surface area contributed by atoms with Gasteiger partial charge in [0.15, 0.2) is 0 Å². The minimum absolute atomic E-state index is 0.553. The van der Waals surface area contributed by atoms with Crippen LogP contribution in [-0.4, -0.2) is 51.1 Å². The van der Waals surface area contributed by atoms with E-state index in [9.17, 15) is 9.59 Å². The number of carbonyl (C=O) groups is 2. The van der Waals surface area contributed by atoms with Gasteiger partial charge in [0.2, 0.25) is 5.91 Å². The second-order valence-corrected chi connectivity index (χ2v) is 2.81. The maximum Gasteiger partial charge on any atom is 0.352 e. The van der Waals surface area contributed by atoms with Crippen molar-refractivity contribution >= 4 is 11.9 Å². The van der Waals surface area contributed by atoms with Gasteiger partial charge in [-0.25, -0.2) is 4.79 Å². The highest BCUT2D eigenvalue weighted by atomic mass is 16.4. The highest BCUT2D eigenvalue weighted by molar-refractivity contribution is 5.91. The molecule has 0 radical (unpaired) electrons. The summed E-state index contributed by atoms with van der Waals surface area (Å²) >= 11 is 0. The Morgan fingerprint density at radius 1 is 1.40 bits per heavy atom. The molecule has 0 heterocycles. The van der Waals surface area contributed by atoms with Crippen molar-refractivity contribution in [3.63, 3.8) is 0 Å². The van der Waals surface area contributed by atoms with E-state index in [2.05, 4.69) is 0 Å². The number of amides is 1. The zero-order valence-electron chi connectivity index (χ0n) is 8.04. The summed E-state index contributed by atoms with van der Waals surface area (Å²) in [6.45, 7) is 0.385. The average molecular weight is 219 g/mol. The van der Waals surface area contributed by atoms with Crippen molar-refractivity contribution in [1.29, 1.82) is 0 Å². The number of aliphatic hydroxyl groups is 3. The van der Waals surface area contributed by atoms with E-state index in [1.165, 1.54) is 0 Å². The van der Waals surface area contributed by atoms with Crippen LogP contribution in [0.15, 0.2) is 11.8 Å². The van der Waals surface area contributed by atoms with Crippen LogP contribution in [-0.2, 0) is 9.59 Å². The monoisotopic (exact) mass is 219 g/mol. The molecule has 0 aromatic rings. The summed E-state index contributed by atoms with van der Waals surface area (Å²) in [4.78, 5) is 21.1. The first-order chi connectivity index (χ1) is 6.88. The van der Waals surface area contributed by atoms with Crippen LogP contribution in [0.2, 0.25) is 0 Å². The van der Waals surface area contributed by atoms with E-state index in [-0.39, 0.29) is 0 Å². The first-order valence-electron chi connectivity index (χ1n) is 4.08. The summed E-state index contributed by atoms with van der Waals surface area (Å²) < 4.78 is 0. The molecule has 5 N–H and O–H groups in total. The fraction of sp³-hybridized carbons (Fsp3) is 0.500. The Bertz CT molecular complexity index is 274. The van der Waals surface area contributed by atoms with Crippen LogP contribution in [0.3, 0.4) is 0 Å². The Morgan fingerprint density at radius 2 is 1.93 bits per heavy atom. The van der Waals surface area contributed by atoms with E-state index in [4.69, 9.17) is 20.4 Å². The van der Waals surface area contributed by atoms with Crippen molar-refractivity contribution in [1.82, 2.24) is 5.32 Å². The van der Waals surface area contributed by atoms with Gasteiger partial charge < -0.3 is 25.7 Å². The molecule has 2 atom stereocenters. The van der Waals surface area contributed by atoms with Gasteiger partial charge in [0.1, 0.15) is 17.9 Å². The molecule has 0 rings (SSSR count). The lowest BCUT2D eigenvalue weighted by Gasteiger charge is -2.12. The van der Waals surface area contributed by atoms with Crippen molar-refractivity contribution in [3.05, 3.63) is 11.8 Å². The lowest BCUT2D eigenvalue weighted by molar-refractivity contribution is -0.134. The molecule has 0 unspecified atom stereocenters. The van der Waals surface area contributed by atoms with Crippen LogP contribution in [0.25, 0.3) is 0 Å². The molecule has 7 nitrogen and oxygen atoms in total. The first-order valence-corrected chi connectivity index (χ1v) is 4.08. The fourth-order valence-corrected chi connectivity index (χ4v) is 0.746. The van der Waals surface area contributed by atoms with E-state index in [1.807, 2.05) is 5.32 Å². The number of rotatable bonds is 5. The second kappa shape index (κ2) is 6.12. The largest absolute Gasteiger partial charge is 0.477 e. The molecular weight excluding hydrogens is 206 g/mol. The molecule has 0 aliphatic rings. The Balaban J connectivity index is 4.67. The van der Waals surface area contributed by atoms with Crippen LogP contribution in [0.1, 0.15) is 6.92 Å². The van der Waals surface area contributed by atoms with Gasteiger partial charge in [0, 0.05) is 6.92 Å². The predicted molar refractivity (Wildman–Crippen MR) is 48.6 cm³/mol. The van der Waals surface area contributed by atoms with Gasteiger partial charge >= 0.3 is 5.97 Å².